The predicted octanol–water partition coefficient (Wildman–Crippen LogP) is 3.19. The first-order chi connectivity index (χ1) is 12.1. The highest BCUT2D eigenvalue weighted by Gasteiger charge is 2.14. The molecule has 134 valence electrons. The largest absolute Gasteiger partial charge is 0.494 e. The van der Waals surface area contributed by atoms with Crippen molar-refractivity contribution in [2.45, 2.75) is 44.6 Å². The lowest BCUT2D eigenvalue weighted by Gasteiger charge is -2.16. The van der Waals surface area contributed by atoms with Crippen LogP contribution in [0, 0.1) is 5.82 Å². The fourth-order valence-electron chi connectivity index (χ4n) is 3.00. The van der Waals surface area contributed by atoms with Crippen LogP contribution in [0.25, 0.3) is 0 Å². The second-order valence-corrected chi connectivity index (χ2v) is 6.13. The van der Waals surface area contributed by atoms with Gasteiger partial charge in [-0.1, -0.05) is 25.7 Å². The van der Waals surface area contributed by atoms with Gasteiger partial charge in [-0.15, -0.1) is 0 Å². The maximum atomic E-state index is 13.8. The average molecular weight is 347 g/mol. The number of aromatic nitrogens is 3. The number of anilines is 3. The predicted molar refractivity (Wildman–Crippen MR) is 94.0 cm³/mol. The van der Waals surface area contributed by atoms with Crippen LogP contribution in [-0.4, -0.2) is 28.1 Å². The second-order valence-electron chi connectivity index (χ2n) is 6.13. The van der Waals surface area contributed by atoms with Crippen molar-refractivity contribution < 1.29 is 9.13 Å². The molecule has 0 aliphatic heterocycles. The molecule has 7 nitrogen and oxygen atoms in total. The molecular formula is C17H22FN5O2. The molecule has 0 radical (unpaired) electrons. The zero-order chi connectivity index (χ0) is 17.6. The van der Waals surface area contributed by atoms with Crippen molar-refractivity contribution in [3.05, 3.63) is 34.5 Å². The Balaban J connectivity index is 1.74. The van der Waals surface area contributed by atoms with Crippen molar-refractivity contribution in [3.8, 4) is 5.75 Å². The van der Waals surface area contributed by atoms with E-state index in [1.807, 2.05) is 0 Å². The van der Waals surface area contributed by atoms with Crippen LogP contribution < -0.4 is 21.1 Å². The summed E-state index contributed by atoms with van der Waals surface area (Å²) in [5.41, 5.74) is -0.0596. The first-order valence-electron chi connectivity index (χ1n) is 8.49. The third-order valence-electron chi connectivity index (χ3n) is 4.25. The Hall–Kier alpha value is -2.64. The van der Waals surface area contributed by atoms with Crippen molar-refractivity contribution in [2.24, 2.45) is 0 Å². The van der Waals surface area contributed by atoms with Crippen LogP contribution >= 0.6 is 0 Å². The van der Waals surface area contributed by atoms with E-state index in [9.17, 15) is 9.18 Å². The highest BCUT2D eigenvalue weighted by Crippen LogP contribution is 2.23. The van der Waals surface area contributed by atoms with Gasteiger partial charge in [-0.2, -0.15) is 9.97 Å². The molecule has 3 N–H and O–H groups in total. The number of methoxy groups -OCH3 is 1. The van der Waals surface area contributed by atoms with E-state index in [-0.39, 0.29) is 23.7 Å². The summed E-state index contributed by atoms with van der Waals surface area (Å²) in [7, 11) is 1.40. The molecule has 1 aliphatic carbocycles. The molecular weight excluding hydrogens is 325 g/mol. The van der Waals surface area contributed by atoms with Crippen molar-refractivity contribution >= 4 is 17.6 Å². The monoisotopic (exact) mass is 347 g/mol. The summed E-state index contributed by atoms with van der Waals surface area (Å²) in [6, 6.07) is 4.69. The first kappa shape index (κ1) is 17.2. The molecule has 1 fully saturated rings. The molecule has 3 rings (SSSR count). The van der Waals surface area contributed by atoms with Gasteiger partial charge in [-0.05, 0) is 25.0 Å². The molecule has 1 aliphatic rings. The molecule has 8 heteroatoms. The van der Waals surface area contributed by atoms with E-state index in [4.69, 9.17) is 4.74 Å². The zero-order valence-electron chi connectivity index (χ0n) is 14.1. The smallest absolute Gasteiger partial charge is 0.351 e. The molecule has 2 aromatic rings. The van der Waals surface area contributed by atoms with Gasteiger partial charge in [0, 0.05) is 17.8 Å². The molecule has 0 amide bonds. The molecule has 0 saturated heterocycles. The molecule has 0 bridgehead atoms. The van der Waals surface area contributed by atoms with Gasteiger partial charge < -0.3 is 15.4 Å². The summed E-state index contributed by atoms with van der Waals surface area (Å²) in [5, 5.41) is 6.13. The lowest BCUT2D eigenvalue weighted by atomic mass is 10.1. The van der Waals surface area contributed by atoms with E-state index >= 15 is 0 Å². The molecule has 0 unspecified atom stereocenters. The summed E-state index contributed by atoms with van der Waals surface area (Å²) in [6.07, 6.45) is 6.90. The summed E-state index contributed by atoms with van der Waals surface area (Å²) < 4.78 is 18.7. The van der Waals surface area contributed by atoms with Gasteiger partial charge in [0.1, 0.15) is 0 Å². The number of H-pyrrole nitrogens is 1. The third-order valence-corrected chi connectivity index (χ3v) is 4.25. The molecule has 0 spiro atoms. The van der Waals surface area contributed by atoms with Crippen molar-refractivity contribution in [3.63, 3.8) is 0 Å². The molecule has 25 heavy (non-hydrogen) atoms. The molecule has 1 aromatic carbocycles. The van der Waals surface area contributed by atoms with E-state index in [1.165, 1.54) is 32.1 Å². The number of benzene rings is 1. The van der Waals surface area contributed by atoms with Crippen LogP contribution in [0.1, 0.15) is 38.5 Å². The van der Waals surface area contributed by atoms with Crippen LogP contribution in [-0.2, 0) is 0 Å². The maximum Gasteiger partial charge on any atom is 0.351 e. The Bertz CT molecular complexity index is 772. The van der Waals surface area contributed by atoms with Crippen LogP contribution in [0.3, 0.4) is 0 Å². The van der Waals surface area contributed by atoms with E-state index in [1.54, 1.807) is 6.07 Å². The van der Waals surface area contributed by atoms with Gasteiger partial charge in [0.2, 0.25) is 11.9 Å². The number of nitrogens with one attached hydrogen (secondary N) is 3. The Morgan fingerprint density at radius 2 is 1.96 bits per heavy atom. The van der Waals surface area contributed by atoms with Crippen LogP contribution in [0.15, 0.2) is 23.0 Å². The van der Waals surface area contributed by atoms with Gasteiger partial charge in [0.15, 0.2) is 11.6 Å². The minimum absolute atomic E-state index is 0.150. The molecule has 1 aromatic heterocycles. The Morgan fingerprint density at radius 1 is 1.20 bits per heavy atom. The number of hydrogen-bond acceptors (Lipinski definition) is 6. The van der Waals surface area contributed by atoms with Crippen LogP contribution in [0.5, 0.6) is 5.75 Å². The van der Waals surface area contributed by atoms with Gasteiger partial charge in [0.05, 0.1) is 7.11 Å². The van der Waals surface area contributed by atoms with Gasteiger partial charge in [0.25, 0.3) is 0 Å². The maximum absolute atomic E-state index is 13.8. The number of halogens is 1. The number of hydrogen-bond donors (Lipinski definition) is 3. The Morgan fingerprint density at radius 3 is 2.64 bits per heavy atom. The number of ether oxygens (including phenoxy) is 1. The van der Waals surface area contributed by atoms with Gasteiger partial charge in [-0.3, -0.25) is 4.98 Å². The first-order valence-corrected chi connectivity index (χ1v) is 8.49. The summed E-state index contributed by atoms with van der Waals surface area (Å²) in [4.78, 5) is 22.5. The number of rotatable bonds is 5. The van der Waals surface area contributed by atoms with Crippen LogP contribution in [0.2, 0.25) is 0 Å². The van der Waals surface area contributed by atoms with E-state index in [2.05, 4.69) is 25.6 Å². The van der Waals surface area contributed by atoms with Crippen LogP contribution in [0.4, 0.5) is 22.0 Å². The van der Waals surface area contributed by atoms with E-state index in [0.29, 0.717) is 5.69 Å². The number of nitrogens with zero attached hydrogens (tertiary/aromatic N) is 2. The second kappa shape index (κ2) is 7.96. The van der Waals surface area contributed by atoms with E-state index in [0.717, 1.165) is 25.7 Å². The normalized spacial score (nSPS) is 15.4. The van der Waals surface area contributed by atoms with Crippen molar-refractivity contribution in [2.75, 3.05) is 17.7 Å². The SMILES string of the molecule is COc1ccc(Nc2nc(NC3CCCCCC3)nc(=O)[nH]2)cc1F. The zero-order valence-corrected chi connectivity index (χ0v) is 14.1. The van der Waals surface area contributed by atoms with E-state index < -0.39 is 11.5 Å². The van der Waals surface area contributed by atoms with Gasteiger partial charge in [-0.25, -0.2) is 9.18 Å². The lowest BCUT2D eigenvalue weighted by Crippen LogP contribution is -2.24. The molecule has 1 saturated carbocycles. The minimum atomic E-state index is -0.511. The van der Waals surface area contributed by atoms with Gasteiger partial charge >= 0.3 is 5.69 Å². The summed E-state index contributed by atoms with van der Waals surface area (Å²) >= 11 is 0. The average Bonchev–Trinajstić information content (AvgIpc) is 2.83. The van der Waals surface area contributed by atoms with Crippen molar-refractivity contribution in [1.29, 1.82) is 0 Å². The summed E-state index contributed by atoms with van der Waals surface area (Å²) in [5.74, 6) is 0.144. The lowest BCUT2D eigenvalue weighted by molar-refractivity contribution is 0.386. The standard InChI is InChI=1S/C17H22FN5O2/c1-25-14-9-8-12(10-13(14)18)20-16-21-15(22-17(24)23-16)19-11-6-4-2-3-5-7-11/h8-11H,2-7H2,1H3,(H3,19,20,21,22,23,24). The minimum Gasteiger partial charge on any atom is -0.494 e. The molecule has 0 atom stereocenters. The Kier molecular flexibility index (Phi) is 5.47. The fourth-order valence-corrected chi connectivity index (χ4v) is 3.00. The quantitative estimate of drug-likeness (QED) is 0.720. The summed E-state index contributed by atoms with van der Waals surface area (Å²) in [6.45, 7) is 0. The highest BCUT2D eigenvalue weighted by molar-refractivity contribution is 5.55. The highest BCUT2D eigenvalue weighted by atomic mass is 19.1. The van der Waals surface area contributed by atoms with Crippen molar-refractivity contribution in [1.82, 2.24) is 15.0 Å². The fraction of sp³-hybridized carbons (Fsp3) is 0.471. The molecule has 1 heterocycles. The Labute approximate surface area is 145 Å². The number of aromatic amines is 1. The third kappa shape index (κ3) is 4.68. The topological polar surface area (TPSA) is 91.9 Å².